The van der Waals surface area contributed by atoms with Crippen LogP contribution in [0.4, 0.5) is 33.6 Å². The van der Waals surface area contributed by atoms with Gasteiger partial charge in [-0.25, -0.2) is 28.4 Å². The highest BCUT2D eigenvalue weighted by molar-refractivity contribution is 5.71. The third-order valence-corrected chi connectivity index (χ3v) is 5.88. The molecule has 0 aromatic carbocycles. The fourth-order valence-electron chi connectivity index (χ4n) is 4.44. The van der Waals surface area contributed by atoms with Crippen LogP contribution in [0.25, 0.3) is 11.2 Å². The van der Waals surface area contributed by atoms with E-state index >= 15 is 0 Å². The lowest BCUT2D eigenvalue weighted by atomic mass is 10.1. The molecule has 3 aromatic heterocycles. The Hall–Kier alpha value is -3.05. The molecule has 2 aliphatic rings. The number of fused-ring (bicyclic) bond motifs is 2. The summed E-state index contributed by atoms with van der Waals surface area (Å²) >= 11 is 0. The molecule has 3 aromatic rings. The number of halogens is 5. The van der Waals surface area contributed by atoms with E-state index in [9.17, 15) is 22.0 Å². The second-order valence-electron chi connectivity index (χ2n) is 7.77. The van der Waals surface area contributed by atoms with Gasteiger partial charge in [-0.1, -0.05) is 0 Å². The molecule has 2 saturated heterocycles. The number of anilines is 2. The Morgan fingerprint density at radius 3 is 2.71 bits per heavy atom. The van der Waals surface area contributed by atoms with Crippen LogP contribution in [0, 0.1) is 5.92 Å². The molecule has 2 atom stereocenters. The summed E-state index contributed by atoms with van der Waals surface area (Å²) in [5, 5.41) is 3.92. The van der Waals surface area contributed by atoms with Crippen LogP contribution in [-0.4, -0.2) is 56.8 Å². The number of aromatic nitrogens is 5. The van der Waals surface area contributed by atoms with Crippen molar-refractivity contribution in [1.82, 2.24) is 24.7 Å². The van der Waals surface area contributed by atoms with E-state index in [1.807, 2.05) is 9.80 Å². The minimum Gasteiger partial charge on any atom is -0.353 e. The third kappa shape index (κ3) is 3.63. The Labute approximate surface area is 173 Å². The van der Waals surface area contributed by atoms with Crippen molar-refractivity contribution in [2.45, 2.75) is 31.6 Å². The number of alkyl halides is 5. The maximum Gasteiger partial charge on any atom is 0.416 e. The van der Waals surface area contributed by atoms with E-state index < -0.39 is 24.7 Å². The predicted molar refractivity (Wildman–Crippen MR) is 102 cm³/mol. The minimum absolute atomic E-state index is 0.0144. The van der Waals surface area contributed by atoms with Crippen LogP contribution in [0.15, 0.2) is 30.7 Å². The highest BCUT2D eigenvalue weighted by Gasteiger charge is 2.43. The summed E-state index contributed by atoms with van der Waals surface area (Å²) in [4.78, 5) is 16.8. The average Bonchev–Trinajstić information content (AvgIpc) is 3.41. The fraction of sp³-hybridized carbons (Fsp3) is 0.474. The number of rotatable bonds is 4. The van der Waals surface area contributed by atoms with Crippen LogP contribution in [0.5, 0.6) is 0 Å². The van der Waals surface area contributed by atoms with Gasteiger partial charge in [0.05, 0.1) is 24.0 Å². The van der Waals surface area contributed by atoms with Gasteiger partial charge in [0.15, 0.2) is 5.65 Å². The molecule has 0 saturated carbocycles. The molecule has 0 amide bonds. The van der Waals surface area contributed by atoms with Gasteiger partial charge in [-0.3, -0.25) is 0 Å². The molecule has 0 radical (unpaired) electrons. The maximum atomic E-state index is 13.1. The number of hydrogen-bond acceptors (Lipinski definition) is 6. The second kappa shape index (κ2) is 7.27. The summed E-state index contributed by atoms with van der Waals surface area (Å²) in [7, 11) is 0. The Morgan fingerprint density at radius 2 is 1.94 bits per heavy atom. The van der Waals surface area contributed by atoms with E-state index in [2.05, 4.69) is 20.1 Å². The van der Waals surface area contributed by atoms with E-state index in [-0.39, 0.29) is 17.6 Å². The normalized spacial score (nSPS) is 21.5. The number of nitrogens with zero attached hydrogens (tertiary/aromatic N) is 7. The molecule has 164 valence electrons. The Morgan fingerprint density at radius 1 is 1.10 bits per heavy atom. The van der Waals surface area contributed by atoms with Gasteiger partial charge in [-0.15, -0.1) is 0 Å². The molecule has 0 spiro atoms. The first-order chi connectivity index (χ1) is 14.8. The first kappa shape index (κ1) is 19.9. The van der Waals surface area contributed by atoms with Crippen molar-refractivity contribution in [2.24, 2.45) is 5.92 Å². The summed E-state index contributed by atoms with van der Waals surface area (Å²) in [5.41, 5.74) is -0.00995. The zero-order valence-electron chi connectivity index (χ0n) is 16.2. The third-order valence-electron chi connectivity index (χ3n) is 5.88. The molecule has 31 heavy (non-hydrogen) atoms. The van der Waals surface area contributed by atoms with Crippen LogP contribution in [0.1, 0.15) is 12.0 Å². The van der Waals surface area contributed by atoms with Crippen molar-refractivity contribution in [3.05, 3.63) is 36.3 Å². The molecule has 0 N–H and O–H groups in total. The molecule has 0 unspecified atom stereocenters. The Kier molecular flexibility index (Phi) is 4.67. The van der Waals surface area contributed by atoms with Gasteiger partial charge in [0.2, 0.25) is 0 Å². The molecule has 0 aliphatic carbocycles. The zero-order chi connectivity index (χ0) is 21.8. The van der Waals surface area contributed by atoms with Crippen LogP contribution in [0.3, 0.4) is 0 Å². The molecule has 5 rings (SSSR count). The SMILES string of the molecule is FC(F)Cn1ncc2ncc(N3C[C@H]4CCN(c5cc(C(F)(F)F)ccn5)[C@H]4C3)nc21. The highest BCUT2D eigenvalue weighted by Crippen LogP contribution is 2.38. The van der Waals surface area contributed by atoms with Gasteiger partial charge in [0, 0.05) is 31.7 Å². The van der Waals surface area contributed by atoms with Gasteiger partial charge in [-0.2, -0.15) is 18.3 Å². The van der Waals surface area contributed by atoms with Crippen molar-refractivity contribution < 1.29 is 22.0 Å². The lowest BCUT2D eigenvalue weighted by molar-refractivity contribution is -0.137. The van der Waals surface area contributed by atoms with Crippen LogP contribution in [-0.2, 0) is 12.7 Å². The first-order valence-corrected chi connectivity index (χ1v) is 9.81. The van der Waals surface area contributed by atoms with Crippen molar-refractivity contribution in [3.8, 4) is 0 Å². The molecular formula is C19H18F5N7. The van der Waals surface area contributed by atoms with Crippen molar-refractivity contribution in [2.75, 3.05) is 29.4 Å². The average molecular weight is 439 g/mol. The molecule has 5 heterocycles. The summed E-state index contributed by atoms with van der Waals surface area (Å²) in [5.74, 6) is 1.08. The van der Waals surface area contributed by atoms with E-state index in [0.29, 0.717) is 36.8 Å². The summed E-state index contributed by atoms with van der Waals surface area (Å²) in [6.07, 6.45) is -2.02. The van der Waals surface area contributed by atoms with Crippen LogP contribution >= 0.6 is 0 Å². The Bertz CT molecular complexity index is 1100. The highest BCUT2D eigenvalue weighted by atomic mass is 19.4. The maximum absolute atomic E-state index is 13.1. The second-order valence-corrected chi connectivity index (χ2v) is 7.77. The van der Waals surface area contributed by atoms with Gasteiger partial charge in [-0.05, 0) is 18.6 Å². The zero-order valence-corrected chi connectivity index (χ0v) is 16.2. The van der Waals surface area contributed by atoms with Crippen LogP contribution in [0.2, 0.25) is 0 Å². The van der Waals surface area contributed by atoms with Crippen LogP contribution < -0.4 is 9.80 Å². The molecule has 7 nitrogen and oxygen atoms in total. The molecule has 2 fully saturated rings. The van der Waals surface area contributed by atoms with E-state index in [1.54, 1.807) is 6.20 Å². The summed E-state index contributed by atoms with van der Waals surface area (Å²) in [6, 6.07) is 2.03. The first-order valence-electron chi connectivity index (χ1n) is 9.81. The molecule has 12 heteroatoms. The Balaban J connectivity index is 1.38. The monoisotopic (exact) mass is 439 g/mol. The van der Waals surface area contributed by atoms with Gasteiger partial charge >= 0.3 is 6.18 Å². The van der Waals surface area contributed by atoms with Gasteiger partial charge in [0.25, 0.3) is 6.43 Å². The van der Waals surface area contributed by atoms with Gasteiger partial charge in [0.1, 0.15) is 23.7 Å². The smallest absolute Gasteiger partial charge is 0.353 e. The quantitative estimate of drug-likeness (QED) is 0.582. The standard InChI is InChI=1S/C19H18F5N7/c20-15(21)10-31-18-13(6-27-31)26-7-17(28-18)29-8-11-2-4-30(14(11)9-29)16-5-12(1-3-25-16)19(22,23)24/h1,3,5-7,11,14-15H,2,4,8-10H2/t11-,14+/m1/s1. The number of pyridine rings is 1. The largest absolute Gasteiger partial charge is 0.416 e. The number of hydrogen-bond donors (Lipinski definition) is 0. The summed E-state index contributed by atoms with van der Waals surface area (Å²) < 4.78 is 66.0. The van der Waals surface area contributed by atoms with Crippen molar-refractivity contribution in [3.63, 3.8) is 0 Å². The molecule has 2 aliphatic heterocycles. The minimum atomic E-state index is -4.43. The molecule has 0 bridgehead atoms. The van der Waals surface area contributed by atoms with Crippen molar-refractivity contribution >= 4 is 22.8 Å². The lowest BCUT2D eigenvalue weighted by Gasteiger charge is -2.26. The summed E-state index contributed by atoms with van der Waals surface area (Å²) in [6.45, 7) is 1.25. The predicted octanol–water partition coefficient (Wildman–Crippen LogP) is 3.22. The fourth-order valence-corrected chi connectivity index (χ4v) is 4.44. The van der Waals surface area contributed by atoms with E-state index in [0.717, 1.165) is 23.2 Å². The topological polar surface area (TPSA) is 63.0 Å². The van der Waals surface area contributed by atoms with E-state index in [1.165, 1.54) is 12.4 Å². The molecular weight excluding hydrogens is 421 g/mol. The van der Waals surface area contributed by atoms with Crippen molar-refractivity contribution in [1.29, 1.82) is 0 Å². The lowest BCUT2D eigenvalue weighted by Crippen LogP contribution is -2.36. The van der Waals surface area contributed by atoms with E-state index in [4.69, 9.17) is 0 Å². The van der Waals surface area contributed by atoms with Gasteiger partial charge < -0.3 is 9.80 Å².